The molecular weight excluding hydrogens is 208 g/mol. The number of nitrogens with one attached hydrogen (secondary N) is 2. The molecule has 0 saturated carbocycles. The quantitative estimate of drug-likeness (QED) is 0.632. The van der Waals surface area contributed by atoms with Gasteiger partial charge in [-0.3, -0.25) is 5.10 Å². The lowest BCUT2D eigenvalue weighted by Gasteiger charge is -2.02. The molecule has 2 N–H and O–H groups in total. The highest BCUT2D eigenvalue weighted by Gasteiger charge is 2.00. The number of nitrogens with zero attached hydrogens (tertiary/aromatic N) is 6. The lowest BCUT2D eigenvalue weighted by atomic mass is 10.4. The Hall–Kier alpha value is -2.51. The molecule has 0 saturated heterocycles. The van der Waals surface area contributed by atoms with Crippen LogP contribution >= 0.6 is 0 Å². The van der Waals surface area contributed by atoms with Crippen molar-refractivity contribution in [2.45, 2.75) is 6.54 Å². The van der Waals surface area contributed by atoms with Gasteiger partial charge in [0.2, 0.25) is 0 Å². The molecule has 8 nitrogen and oxygen atoms in total. The first kappa shape index (κ1) is 8.77. The van der Waals surface area contributed by atoms with Crippen LogP contribution in [0, 0.1) is 0 Å². The number of aromatic amines is 1. The first-order valence-corrected chi connectivity index (χ1v) is 4.69. The van der Waals surface area contributed by atoms with E-state index in [-0.39, 0.29) is 0 Å². The normalized spacial score (nSPS) is 10.8. The van der Waals surface area contributed by atoms with E-state index in [0.29, 0.717) is 18.0 Å². The van der Waals surface area contributed by atoms with Gasteiger partial charge in [-0.25, -0.2) is 0 Å². The Balaban J connectivity index is 1.78. The van der Waals surface area contributed by atoms with Gasteiger partial charge in [0.05, 0.1) is 12.2 Å². The summed E-state index contributed by atoms with van der Waals surface area (Å²) in [5, 5.41) is 25.0. The average molecular weight is 216 g/mol. The molecule has 3 aromatic rings. The summed E-state index contributed by atoms with van der Waals surface area (Å²) in [7, 11) is 0. The Bertz CT molecular complexity index is 583. The van der Waals surface area contributed by atoms with Crippen LogP contribution in [0.3, 0.4) is 0 Å². The van der Waals surface area contributed by atoms with Crippen LogP contribution < -0.4 is 5.32 Å². The van der Waals surface area contributed by atoms with E-state index in [1.807, 2.05) is 12.1 Å². The largest absolute Gasteiger partial charge is 0.363 e. The fourth-order valence-corrected chi connectivity index (χ4v) is 1.31. The van der Waals surface area contributed by atoms with Crippen LogP contribution in [-0.4, -0.2) is 35.5 Å². The van der Waals surface area contributed by atoms with E-state index in [1.165, 1.54) is 4.63 Å². The summed E-state index contributed by atoms with van der Waals surface area (Å²) < 4.78 is 1.37. The van der Waals surface area contributed by atoms with E-state index in [0.717, 1.165) is 5.69 Å². The van der Waals surface area contributed by atoms with Gasteiger partial charge < -0.3 is 5.32 Å². The maximum absolute atomic E-state index is 4.17. The molecule has 3 aromatic heterocycles. The summed E-state index contributed by atoms with van der Waals surface area (Å²) in [4.78, 5) is 0. The molecule has 0 bridgehead atoms. The predicted octanol–water partition coefficient (Wildman–Crippen LogP) is -0.146. The minimum absolute atomic E-state index is 0.618. The highest BCUT2D eigenvalue weighted by Crippen LogP contribution is 2.04. The molecular formula is C8H8N8. The number of fused-ring (bicyclic) bond motifs is 1. The Labute approximate surface area is 89.7 Å². The second-order valence-corrected chi connectivity index (χ2v) is 3.18. The second kappa shape index (κ2) is 3.57. The van der Waals surface area contributed by atoms with Crippen LogP contribution in [0.15, 0.2) is 24.4 Å². The molecule has 0 aliphatic heterocycles. The molecule has 0 radical (unpaired) electrons. The summed E-state index contributed by atoms with van der Waals surface area (Å²) >= 11 is 0. The second-order valence-electron chi connectivity index (χ2n) is 3.18. The number of anilines is 1. The van der Waals surface area contributed by atoms with Gasteiger partial charge in [-0.15, -0.1) is 14.8 Å². The molecule has 80 valence electrons. The molecule has 3 heterocycles. The molecule has 0 spiro atoms. The maximum atomic E-state index is 4.17. The zero-order valence-electron chi connectivity index (χ0n) is 8.20. The van der Waals surface area contributed by atoms with Crippen LogP contribution in [0.2, 0.25) is 0 Å². The van der Waals surface area contributed by atoms with Crippen molar-refractivity contribution in [2.75, 3.05) is 5.32 Å². The first-order valence-electron chi connectivity index (χ1n) is 4.69. The fraction of sp³-hybridized carbons (Fsp3) is 0.125. The van der Waals surface area contributed by atoms with Gasteiger partial charge in [-0.1, -0.05) is 0 Å². The van der Waals surface area contributed by atoms with Gasteiger partial charge >= 0.3 is 0 Å². The number of H-pyrrole nitrogens is 1. The standard InChI is InChI=1S/C8H8N8/c1-2-8-12-14-15-16(8)13-7(1)9-5-6-3-4-10-11-6/h1-4H,5H2,(H,9,13)(H,10,11). The molecule has 0 atom stereocenters. The van der Waals surface area contributed by atoms with E-state index >= 15 is 0 Å². The number of rotatable bonds is 3. The van der Waals surface area contributed by atoms with E-state index in [4.69, 9.17) is 0 Å². The summed E-state index contributed by atoms with van der Waals surface area (Å²) in [5.41, 5.74) is 1.60. The Morgan fingerprint density at radius 3 is 3.19 bits per heavy atom. The topological polar surface area (TPSA) is 96.7 Å². The summed E-state index contributed by atoms with van der Waals surface area (Å²) in [6, 6.07) is 5.51. The van der Waals surface area contributed by atoms with Crippen molar-refractivity contribution in [2.24, 2.45) is 0 Å². The molecule has 16 heavy (non-hydrogen) atoms. The van der Waals surface area contributed by atoms with Crippen LogP contribution in [0.4, 0.5) is 5.82 Å². The Morgan fingerprint density at radius 1 is 1.31 bits per heavy atom. The monoisotopic (exact) mass is 216 g/mol. The molecule has 8 heteroatoms. The first-order chi connectivity index (χ1) is 7.92. The van der Waals surface area contributed by atoms with E-state index in [2.05, 4.69) is 36.1 Å². The van der Waals surface area contributed by atoms with Gasteiger partial charge in [-0.05, 0) is 28.6 Å². The minimum atomic E-state index is 0.618. The smallest absolute Gasteiger partial charge is 0.200 e. The van der Waals surface area contributed by atoms with E-state index in [1.54, 1.807) is 12.3 Å². The van der Waals surface area contributed by atoms with Crippen LogP contribution in [0.1, 0.15) is 5.69 Å². The Morgan fingerprint density at radius 2 is 2.31 bits per heavy atom. The van der Waals surface area contributed by atoms with Crippen LogP contribution in [0.5, 0.6) is 0 Å². The Kier molecular flexibility index (Phi) is 1.96. The highest BCUT2D eigenvalue weighted by atomic mass is 15.6. The molecule has 0 aliphatic rings. The van der Waals surface area contributed by atoms with Crippen molar-refractivity contribution in [1.82, 2.24) is 35.5 Å². The number of aromatic nitrogens is 7. The van der Waals surface area contributed by atoms with Crippen molar-refractivity contribution >= 4 is 11.5 Å². The number of hydrogen-bond donors (Lipinski definition) is 2. The van der Waals surface area contributed by atoms with Crippen LogP contribution in [0.25, 0.3) is 5.65 Å². The van der Waals surface area contributed by atoms with Crippen molar-refractivity contribution < 1.29 is 0 Å². The SMILES string of the molecule is c1cc(CNc2ccc3nnnn3n2)[nH]n1. The highest BCUT2D eigenvalue weighted by molar-refractivity contribution is 5.42. The van der Waals surface area contributed by atoms with Crippen molar-refractivity contribution in [1.29, 1.82) is 0 Å². The predicted molar refractivity (Wildman–Crippen MR) is 54.5 cm³/mol. The number of hydrogen-bond acceptors (Lipinski definition) is 6. The number of tetrazole rings is 1. The van der Waals surface area contributed by atoms with Gasteiger partial charge in [0, 0.05) is 6.20 Å². The average Bonchev–Trinajstić information content (AvgIpc) is 2.97. The molecule has 0 unspecified atom stereocenters. The lowest BCUT2D eigenvalue weighted by molar-refractivity contribution is 0.733. The zero-order chi connectivity index (χ0) is 10.8. The molecule has 0 fully saturated rings. The van der Waals surface area contributed by atoms with Crippen LogP contribution in [-0.2, 0) is 6.54 Å². The van der Waals surface area contributed by atoms with Crippen molar-refractivity contribution in [3.05, 3.63) is 30.1 Å². The van der Waals surface area contributed by atoms with E-state index < -0.39 is 0 Å². The molecule has 3 rings (SSSR count). The minimum Gasteiger partial charge on any atom is -0.363 e. The molecule has 0 aliphatic carbocycles. The van der Waals surface area contributed by atoms with E-state index in [9.17, 15) is 0 Å². The van der Waals surface area contributed by atoms with Crippen molar-refractivity contribution in [3.8, 4) is 0 Å². The third-order valence-electron chi connectivity index (χ3n) is 2.09. The summed E-state index contributed by atoms with van der Waals surface area (Å²) in [6.45, 7) is 0.626. The fourth-order valence-electron chi connectivity index (χ4n) is 1.31. The summed E-state index contributed by atoms with van der Waals surface area (Å²) in [6.07, 6.45) is 1.70. The van der Waals surface area contributed by atoms with Gasteiger partial charge in [0.25, 0.3) is 0 Å². The zero-order valence-corrected chi connectivity index (χ0v) is 8.20. The maximum Gasteiger partial charge on any atom is 0.200 e. The third kappa shape index (κ3) is 1.56. The third-order valence-corrected chi connectivity index (χ3v) is 2.09. The lowest BCUT2D eigenvalue weighted by Crippen LogP contribution is -2.05. The van der Waals surface area contributed by atoms with Gasteiger partial charge in [-0.2, -0.15) is 5.10 Å². The van der Waals surface area contributed by atoms with Crippen molar-refractivity contribution in [3.63, 3.8) is 0 Å². The van der Waals surface area contributed by atoms with Gasteiger partial charge in [0.1, 0.15) is 5.82 Å². The van der Waals surface area contributed by atoms with Gasteiger partial charge in [0.15, 0.2) is 5.65 Å². The molecule has 0 aromatic carbocycles. The summed E-state index contributed by atoms with van der Waals surface area (Å²) in [5.74, 6) is 0.703. The molecule has 0 amide bonds.